The van der Waals surface area contributed by atoms with Gasteiger partial charge in [0, 0.05) is 32.5 Å². The van der Waals surface area contributed by atoms with Gasteiger partial charge in [-0.25, -0.2) is 0 Å². The molecule has 4 aliphatic heterocycles. The Morgan fingerprint density at radius 2 is 1.28 bits per heavy atom. The van der Waals surface area contributed by atoms with Gasteiger partial charge in [0.15, 0.2) is 0 Å². The van der Waals surface area contributed by atoms with Crippen LogP contribution in [0, 0.1) is 0 Å². The molecule has 0 amide bonds. The van der Waals surface area contributed by atoms with Crippen LogP contribution in [-0.2, 0) is 9.47 Å². The lowest BCUT2D eigenvalue weighted by Crippen LogP contribution is -2.16. The van der Waals surface area contributed by atoms with Crippen LogP contribution in [0.4, 0.5) is 0 Å². The predicted octanol–water partition coefficient (Wildman–Crippen LogP) is 2.91. The van der Waals surface area contributed by atoms with Gasteiger partial charge in [-0.3, -0.25) is 0 Å². The Labute approximate surface area is 125 Å². The smallest absolute Gasteiger partial charge is 0.0821 e. The molecular weight excluding hydrogens is 304 g/mol. The normalized spacial score (nSPS) is 43.3. The van der Waals surface area contributed by atoms with Crippen molar-refractivity contribution in [2.24, 2.45) is 0 Å². The minimum atomic E-state index is 0.588. The van der Waals surface area contributed by atoms with E-state index in [1.165, 1.54) is 24.3 Å². The summed E-state index contributed by atoms with van der Waals surface area (Å²) in [7, 11) is 4.31. The first kappa shape index (κ1) is 13.0. The average Bonchev–Trinajstić information content (AvgIpc) is 3.22. The third-order valence-electron chi connectivity index (χ3n) is 3.65. The van der Waals surface area contributed by atoms with Crippen LogP contribution in [0.25, 0.3) is 0 Å². The molecular formula is C12H18O2S4. The van der Waals surface area contributed by atoms with Gasteiger partial charge >= 0.3 is 0 Å². The zero-order valence-electron chi connectivity index (χ0n) is 10.2. The Kier molecular flexibility index (Phi) is 4.05. The fraction of sp³-hybridized carbons (Fsp3) is 1.00. The van der Waals surface area contributed by atoms with E-state index in [4.69, 9.17) is 9.47 Å². The summed E-state index contributed by atoms with van der Waals surface area (Å²) < 4.78 is 10.8. The summed E-state index contributed by atoms with van der Waals surface area (Å²) in [5.41, 5.74) is 0. The van der Waals surface area contributed by atoms with Crippen LogP contribution in [0.1, 0.15) is 12.8 Å². The first-order chi connectivity index (χ1) is 8.88. The first-order valence-electron chi connectivity index (χ1n) is 6.67. The lowest BCUT2D eigenvalue weighted by Gasteiger charge is -2.18. The Hall–Kier alpha value is 1.32. The van der Waals surface area contributed by atoms with E-state index in [1.54, 1.807) is 0 Å². The molecule has 0 aromatic carbocycles. The second-order valence-electron chi connectivity index (χ2n) is 5.40. The number of epoxide rings is 2. The van der Waals surface area contributed by atoms with E-state index in [2.05, 4.69) is 45.1 Å². The highest BCUT2D eigenvalue weighted by Gasteiger charge is 2.41. The summed E-state index contributed by atoms with van der Waals surface area (Å²) in [6.07, 6.45) is 3.73. The number of rotatable bonds is 9. The maximum atomic E-state index is 5.40. The summed E-state index contributed by atoms with van der Waals surface area (Å²) in [5.74, 6) is 2.75. The molecule has 0 aromatic rings. The standard InChI is InChI=1S/C12H18O2S4/c1(7-3-13-7)9(11-5-15-11)17-18-10(12-6-16-12)2-8-4-14-8/h7-12H,1-6H2. The van der Waals surface area contributed by atoms with Gasteiger partial charge in [0.2, 0.25) is 0 Å². The molecule has 4 aliphatic rings. The molecule has 18 heavy (non-hydrogen) atoms. The Bertz CT molecular complexity index is 270. The van der Waals surface area contributed by atoms with Crippen molar-refractivity contribution in [1.82, 2.24) is 0 Å². The van der Waals surface area contributed by atoms with Crippen LogP contribution >= 0.6 is 45.1 Å². The highest BCUT2D eigenvalue weighted by atomic mass is 33.1. The van der Waals surface area contributed by atoms with Crippen LogP contribution < -0.4 is 0 Å². The van der Waals surface area contributed by atoms with E-state index in [1.807, 2.05) is 0 Å². The van der Waals surface area contributed by atoms with Crippen molar-refractivity contribution >= 4 is 45.1 Å². The highest BCUT2D eigenvalue weighted by molar-refractivity contribution is 8.77. The fourth-order valence-corrected chi connectivity index (χ4v) is 8.37. The van der Waals surface area contributed by atoms with Crippen molar-refractivity contribution in [3.8, 4) is 0 Å². The maximum Gasteiger partial charge on any atom is 0.0821 e. The summed E-state index contributed by atoms with van der Waals surface area (Å²) >= 11 is 4.26. The van der Waals surface area contributed by atoms with Gasteiger partial charge in [-0.15, -0.1) is 0 Å². The van der Waals surface area contributed by atoms with Gasteiger partial charge in [-0.2, -0.15) is 23.5 Å². The van der Waals surface area contributed by atoms with Gasteiger partial charge in [-0.05, 0) is 12.8 Å². The van der Waals surface area contributed by atoms with Crippen molar-refractivity contribution in [3.05, 3.63) is 0 Å². The number of ether oxygens (including phenoxy) is 2. The van der Waals surface area contributed by atoms with E-state index in [0.29, 0.717) is 12.2 Å². The van der Waals surface area contributed by atoms with Crippen LogP contribution in [0.5, 0.6) is 0 Å². The van der Waals surface area contributed by atoms with Crippen molar-refractivity contribution in [2.45, 2.75) is 46.0 Å². The molecule has 0 bridgehead atoms. The van der Waals surface area contributed by atoms with Gasteiger partial charge in [0.1, 0.15) is 0 Å². The van der Waals surface area contributed by atoms with E-state index < -0.39 is 0 Å². The van der Waals surface area contributed by atoms with Crippen molar-refractivity contribution in [3.63, 3.8) is 0 Å². The summed E-state index contributed by atoms with van der Waals surface area (Å²) in [6, 6.07) is 0. The van der Waals surface area contributed by atoms with Crippen molar-refractivity contribution in [2.75, 3.05) is 24.7 Å². The van der Waals surface area contributed by atoms with E-state index in [-0.39, 0.29) is 0 Å². The molecule has 4 fully saturated rings. The topological polar surface area (TPSA) is 25.1 Å². The zero-order chi connectivity index (χ0) is 11.9. The van der Waals surface area contributed by atoms with E-state index in [0.717, 1.165) is 34.2 Å². The molecule has 6 atom stereocenters. The minimum absolute atomic E-state index is 0.588. The largest absolute Gasteiger partial charge is 0.373 e. The van der Waals surface area contributed by atoms with Gasteiger partial charge in [0.05, 0.1) is 25.4 Å². The minimum Gasteiger partial charge on any atom is -0.373 e. The number of hydrogen-bond acceptors (Lipinski definition) is 6. The maximum absolute atomic E-state index is 5.40. The van der Waals surface area contributed by atoms with Gasteiger partial charge in [0.25, 0.3) is 0 Å². The quantitative estimate of drug-likeness (QED) is 0.478. The second kappa shape index (κ2) is 5.60. The molecule has 2 nitrogen and oxygen atoms in total. The lowest BCUT2D eigenvalue weighted by molar-refractivity contribution is 0.395. The molecule has 0 aliphatic carbocycles. The van der Waals surface area contributed by atoms with Crippen LogP contribution in [0.2, 0.25) is 0 Å². The molecule has 0 spiro atoms. The van der Waals surface area contributed by atoms with Gasteiger partial charge in [-0.1, -0.05) is 21.6 Å². The molecule has 4 heterocycles. The van der Waals surface area contributed by atoms with Crippen molar-refractivity contribution in [1.29, 1.82) is 0 Å². The summed E-state index contributed by atoms with van der Waals surface area (Å²) in [6.45, 7) is 2.02. The monoisotopic (exact) mass is 322 g/mol. The first-order valence-corrected chi connectivity index (χ1v) is 11.0. The fourth-order valence-electron chi connectivity index (χ4n) is 2.12. The van der Waals surface area contributed by atoms with E-state index >= 15 is 0 Å². The molecule has 102 valence electrons. The molecule has 0 radical (unpaired) electrons. The third kappa shape index (κ3) is 3.92. The molecule has 6 heteroatoms. The van der Waals surface area contributed by atoms with Crippen LogP contribution in [0.3, 0.4) is 0 Å². The molecule has 6 unspecified atom stereocenters. The molecule has 0 aromatic heterocycles. The Balaban J connectivity index is 1.25. The van der Waals surface area contributed by atoms with E-state index in [9.17, 15) is 0 Å². The summed E-state index contributed by atoms with van der Waals surface area (Å²) in [4.78, 5) is 0. The molecule has 0 saturated carbocycles. The third-order valence-corrected chi connectivity index (χ3v) is 9.55. The van der Waals surface area contributed by atoms with Crippen LogP contribution in [0.15, 0.2) is 0 Å². The number of thioether (sulfide) groups is 2. The Morgan fingerprint density at radius 1 is 0.889 bits per heavy atom. The summed E-state index contributed by atoms with van der Waals surface area (Å²) in [5, 5.41) is 3.46. The van der Waals surface area contributed by atoms with Crippen LogP contribution in [-0.4, -0.2) is 57.9 Å². The molecule has 0 N–H and O–H groups in total. The molecule has 4 saturated heterocycles. The molecule has 4 rings (SSSR count). The zero-order valence-corrected chi connectivity index (χ0v) is 13.4. The highest BCUT2D eigenvalue weighted by Crippen LogP contribution is 2.51. The average molecular weight is 323 g/mol. The van der Waals surface area contributed by atoms with Crippen molar-refractivity contribution < 1.29 is 9.47 Å². The predicted molar refractivity (Wildman–Crippen MR) is 84.0 cm³/mol. The number of hydrogen-bond donors (Lipinski definition) is 0. The second-order valence-corrected chi connectivity index (χ2v) is 10.7. The Morgan fingerprint density at radius 3 is 1.56 bits per heavy atom. The SMILES string of the molecule is C1OC1CC(SSC(CC1CO1)C1CS1)C1CS1. The lowest BCUT2D eigenvalue weighted by atomic mass is 10.2. The van der Waals surface area contributed by atoms with Gasteiger partial charge < -0.3 is 9.47 Å².